The van der Waals surface area contributed by atoms with Crippen LogP contribution in [-0.4, -0.2) is 23.3 Å². The molecule has 1 aromatic heterocycles. The van der Waals surface area contributed by atoms with Gasteiger partial charge in [-0.1, -0.05) is 6.07 Å². The molecule has 0 fully saturated rings. The third-order valence-electron chi connectivity index (χ3n) is 3.33. The van der Waals surface area contributed by atoms with Crippen molar-refractivity contribution >= 4 is 22.6 Å². The highest BCUT2D eigenvalue weighted by molar-refractivity contribution is 6.16. The summed E-state index contributed by atoms with van der Waals surface area (Å²) in [5.74, 6) is 1.43. The lowest BCUT2D eigenvalue weighted by molar-refractivity contribution is 0.191. The van der Waals surface area contributed by atoms with Crippen molar-refractivity contribution in [2.75, 3.05) is 13.7 Å². The molecule has 1 aromatic carbocycles. The van der Waals surface area contributed by atoms with Gasteiger partial charge in [0, 0.05) is 20.3 Å². The molecule has 0 unspecified atom stereocenters. The molecule has 0 radical (unpaired) electrons. The number of halogens is 1. The fraction of sp³-hybridized carbons (Fsp3) is 0.533. The second-order valence-corrected chi connectivity index (χ2v) is 5.13. The Morgan fingerprint density at radius 2 is 2.11 bits per heavy atom. The van der Waals surface area contributed by atoms with E-state index in [1.54, 1.807) is 7.11 Å². The van der Waals surface area contributed by atoms with E-state index in [1.165, 1.54) is 17.5 Å². The smallest absolute Gasteiger partial charge is 0.124 e. The van der Waals surface area contributed by atoms with E-state index in [0.717, 1.165) is 37.3 Å². The van der Waals surface area contributed by atoms with Crippen LogP contribution in [0.1, 0.15) is 30.7 Å². The van der Waals surface area contributed by atoms with Gasteiger partial charge in [0.2, 0.25) is 0 Å². The quantitative estimate of drug-likeness (QED) is 0.568. The van der Waals surface area contributed by atoms with Crippen molar-refractivity contribution in [2.45, 2.75) is 38.6 Å². The van der Waals surface area contributed by atoms with Crippen LogP contribution in [0, 0.1) is 6.92 Å². The average molecular weight is 281 g/mol. The molecule has 0 saturated carbocycles. The van der Waals surface area contributed by atoms with E-state index in [9.17, 15) is 0 Å². The number of aromatic nitrogens is 2. The molecule has 0 bridgehead atoms. The largest absolute Gasteiger partial charge is 0.385 e. The zero-order valence-corrected chi connectivity index (χ0v) is 12.4. The maximum atomic E-state index is 6.00. The van der Waals surface area contributed by atoms with Gasteiger partial charge in [0.05, 0.1) is 16.9 Å². The molecule has 0 saturated heterocycles. The fourth-order valence-corrected chi connectivity index (χ4v) is 2.53. The van der Waals surface area contributed by atoms with Gasteiger partial charge in [-0.15, -0.1) is 11.6 Å². The highest BCUT2D eigenvalue weighted by Gasteiger charge is 2.09. The second-order valence-electron chi connectivity index (χ2n) is 4.86. The van der Waals surface area contributed by atoms with E-state index in [0.29, 0.717) is 5.88 Å². The summed E-state index contributed by atoms with van der Waals surface area (Å²) in [6.45, 7) is 3.92. The van der Waals surface area contributed by atoms with Gasteiger partial charge in [-0.05, 0) is 43.9 Å². The van der Waals surface area contributed by atoms with Gasteiger partial charge < -0.3 is 9.30 Å². The molecule has 4 heteroatoms. The number of rotatable bonds is 7. The summed E-state index contributed by atoms with van der Waals surface area (Å²) in [6, 6.07) is 6.35. The maximum absolute atomic E-state index is 6.00. The van der Waals surface area contributed by atoms with Crippen LogP contribution < -0.4 is 0 Å². The SMILES string of the molecule is COCCCCCn1c(CCl)nc2ccc(C)cc21. The Bertz CT molecular complexity index is 536. The Morgan fingerprint density at radius 1 is 1.26 bits per heavy atom. The predicted octanol–water partition coefficient (Wildman–Crippen LogP) is 3.90. The monoisotopic (exact) mass is 280 g/mol. The Hall–Kier alpha value is -1.06. The fourth-order valence-electron chi connectivity index (χ4n) is 2.33. The van der Waals surface area contributed by atoms with Crippen LogP contribution in [-0.2, 0) is 17.2 Å². The molecule has 2 aromatic rings. The van der Waals surface area contributed by atoms with E-state index in [2.05, 4.69) is 34.7 Å². The number of unbranched alkanes of at least 4 members (excludes halogenated alkanes) is 2. The van der Waals surface area contributed by atoms with Gasteiger partial charge in [-0.25, -0.2) is 4.98 Å². The van der Waals surface area contributed by atoms with E-state index in [1.807, 2.05) is 0 Å². The first-order chi connectivity index (χ1) is 9.26. The molecule has 0 atom stereocenters. The predicted molar refractivity (Wildman–Crippen MR) is 79.8 cm³/mol. The van der Waals surface area contributed by atoms with Crippen molar-refractivity contribution < 1.29 is 4.74 Å². The lowest BCUT2D eigenvalue weighted by atomic mass is 10.2. The zero-order chi connectivity index (χ0) is 13.7. The summed E-state index contributed by atoms with van der Waals surface area (Å²) < 4.78 is 7.32. The van der Waals surface area contributed by atoms with Gasteiger partial charge in [0.1, 0.15) is 5.82 Å². The zero-order valence-electron chi connectivity index (χ0n) is 11.7. The van der Waals surface area contributed by atoms with Gasteiger partial charge >= 0.3 is 0 Å². The minimum absolute atomic E-state index is 0.464. The molecule has 0 aliphatic rings. The molecule has 104 valence electrons. The van der Waals surface area contributed by atoms with Gasteiger partial charge in [-0.2, -0.15) is 0 Å². The molecule has 1 heterocycles. The summed E-state index contributed by atoms with van der Waals surface area (Å²) in [5.41, 5.74) is 3.50. The van der Waals surface area contributed by atoms with Crippen LogP contribution in [0.5, 0.6) is 0 Å². The highest BCUT2D eigenvalue weighted by Crippen LogP contribution is 2.20. The van der Waals surface area contributed by atoms with E-state index >= 15 is 0 Å². The standard InChI is InChI=1S/C15H21ClN2O/c1-12-6-7-13-14(10-12)18(15(11-16)17-13)8-4-3-5-9-19-2/h6-7,10H,3-5,8-9,11H2,1-2H3. The van der Waals surface area contributed by atoms with Crippen molar-refractivity contribution in [1.29, 1.82) is 0 Å². The number of benzene rings is 1. The normalized spacial score (nSPS) is 11.3. The second kappa shape index (κ2) is 6.92. The lowest BCUT2D eigenvalue weighted by Crippen LogP contribution is -2.03. The van der Waals surface area contributed by atoms with Crippen molar-refractivity contribution in [3.8, 4) is 0 Å². The third kappa shape index (κ3) is 3.48. The van der Waals surface area contributed by atoms with Crippen LogP contribution in [0.15, 0.2) is 18.2 Å². The van der Waals surface area contributed by atoms with Gasteiger partial charge in [0.15, 0.2) is 0 Å². The number of hydrogen-bond donors (Lipinski definition) is 0. The first kappa shape index (κ1) is 14.4. The third-order valence-corrected chi connectivity index (χ3v) is 3.57. The molecule has 0 spiro atoms. The topological polar surface area (TPSA) is 27.1 Å². The lowest BCUT2D eigenvalue weighted by Gasteiger charge is -2.08. The molecule has 0 aliphatic carbocycles. The first-order valence-corrected chi connectivity index (χ1v) is 7.30. The molecule has 2 rings (SSSR count). The Balaban J connectivity index is 2.13. The number of hydrogen-bond acceptors (Lipinski definition) is 2. The molecule has 0 amide bonds. The minimum atomic E-state index is 0.464. The molecular formula is C15H21ClN2O. The minimum Gasteiger partial charge on any atom is -0.385 e. The van der Waals surface area contributed by atoms with Crippen molar-refractivity contribution in [3.05, 3.63) is 29.6 Å². The molecule has 3 nitrogen and oxygen atoms in total. The van der Waals surface area contributed by atoms with E-state index < -0.39 is 0 Å². The average Bonchev–Trinajstić information content (AvgIpc) is 2.76. The number of alkyl halides is 1. The summed E-state index contributed by atoms with van der Waals surface area (Å²) in [4.78, 5) is 4.59. The van der Waals surface area contributed by atoms with Crippen LogP contribution in [0.4, 0.5) is 0 Å². The summed E-state index contributed by atoms with van der Waals surface area (Å²) in [6.07, 6.45) is 3.41. The van der Waals surface area contributed by atoms with Crippen LogP contribution in [0.3, 0.4) is 0 Å². The first-order valence-electron chi connectivity index (χ1n) is 6.77. The van der Waals surface area contributed by atoms with Crippen molar-refractivity contribution in [3.63, 3.8) is 0 Å². The van der Waals surface area contributed by atoms with E-state index in [-0.39, 0.29) is 0 Å². The number of ether oxygens (including phenoxy) is 1. The number of imidazole rings is 1. The summed E-state index contributed by atoms with van der Waals surface area (Å²) in [5, 5.41) is 0. The van der Waals surface area contributed by atoms with Gasteiger partial charge in [-0.3, -0.25) is 0 Å². The molecule has 19 heavy (non-hydrogen) atoms. The number of fused-ring (bicyclic) bond motifs is 1. The molecular weight excluding hydrogens is 260 g/mol. The van der Waals surface area contributed by atoms with Crippen molar-refractivity contribution in [1.82, 2.24) is 9.55 Å². The Kier molecular flexibility index (Phi) is 5.23. The highest BCUT2D eigenvalue weighted by atomic mass is 35.5. The summed E-state index contributed by atoms with van der Waals surface area (Å²) >= 11 is 6.00. The summed E-state index contributed by atoms with van der Waals surface area (Å²) in [7, 11) is 1.75. The number of methoxy groups -OCH3 is 1. The van der Waals surface area contributed by atoms with Crippen LogP contribution in [0.2, 0.25) is 0 Å². The van der Waals surface area contributed by atoms with Crippen LogP contribution >= 0.6 is 11.6 Å². The molecule has 0 N–H and O–H groups in total. The Morgan fingerprint density at radius 3 is 2.84 bits per heavy atom. The number of aryl methyl sites for hydroxylation is 2. The van der Waals surface area contributed by atoms with Crippen LogP contribution in [0.25, 0.3) is 11.0 Å². The maximum Gasteiger partial charge on any atom is 0.124 e. The van der Waals surface area contributed by atoms with E-state index in [4.69, 9.17) is 16.3 Å². The Labute approximate surface area is 119 Å². The van der Waals surface area contributed by atoms with Gasteiger partial charge in [0.25, 0.3) is 0 Å². The number of nitrogens with zero attached hydrogens (tertiary/aromatic N) is 2. The molecule has 0 aliphatic heterocycles. The van der Waals surface area contributed by atoms with Crippen molar-refractivity contribution in [2.24, 2.45) is 0 Å².